The number of anilines is 1. The van der Waals surface area contributed by atoms with Crippen LogP contribution in [0.1, 0.15) is 0 Å². The first-order valence-corrected chi connectivity index (χ1v) is 6.93. The lowest BCUT2D eigenvalue weighted by Crippen LogP contribution is -2.10. The molecule has 0 amide bonds. The number of ether oxygens (including phenoxy) is 3. The summed E-state index contributed by atoms with van der Waals surface area (Å²) in [6.45, 7) is 0.835. The molecule has 20 heavy (non-hydrogen) atoms. The molecule has 0 fully saturated rings. The van der Waals surface area contributed by atoms with Crippen molar-refractivity contribution >= 4 is 21.6 Å². The highest BCUT2D eigenvalue weighted by atomic mass is 79.9. The van der Waals surface area contributed by atoms with E-state index in [2.05, 4.69) is 15.9 Å². The van der Waals surface area contributed by atoms with Crippen molar-refractivity contribution in [2.24, 2.45) is 0 Å². The van der Waals surface area contributed by atoms with Crippen molar-refractivity contribution in [2.45, 2.75) is 0 Å². The Bertz CT molecular complexity index is 575. The van der Waals surface area contributed by atoms with Crippen LogP contribution < -0.4 is 19.9 Å². The molecule has 0 saturated carbocycles. The average molecular weight is 338 g/mol. The molecule has 0 aliphatic heterocycles. The SMILES string of the molecule is COc1cccc(Br)c1OCCOc1cccc(N)c1. The first kappa shape index (κ1) is 14.5. The lowest BCUT2D eigenvalue weighted by Gasteiger charge is -2.13. The van der Waals surface area contributed by atoms with Gasteiger partial charge in [-0.1, -0.05) is 12.1 Å². The maximum Gasteiger partial charge on any atom is 0.175 e. The van der Waals surface area contributed by atoms with E-state index in [0.717, 1.165) is 10.2 Å². The monoisotopic (exact) mass is 337 g/mol. The van der Waals surface area contributed by atoms with Crippen molar-refractivity contribution in [3.8, 4) is 17.2 Å². The van der Waals surface area contributed by atoms with Gasteiger partial charge < -0.3 is 19.9 Å². The van der Waals surface area contributed by atoms with E-state index in [1.807, 2.05) is 36.4 Å². The van der Waals surface area contributed by atoms with Crippen molar-refractivity contribution in [2.75, 3.05) is 26.1 Å². The summed E-state index contributed by atoms with van der Waals surface area (Å²) in [6.07, 6.45) is 0. The fourth-order valence-electron chi connectivity index (χ4n) is 1.70. The molecule has 0 saturated heterocycles. The van der Waals surface area contributed by atoms with E-state index >= 15 is 0 Å². The maximum atomic E-state index is 5.68. The van der Waals surface area contributed by atoms with E-state index < -0.39 is 0 Å². The van der Waals surface area contributed by atoms with Crippen molar-refractivity contribution in [3.05, 3.63) is 46.9 Å². The summed E-state index contributed by atoms with van der Waals surface area (Å²) in [5.41, 5.74) is 6.35. The molecule has 0 spiro atoms. The van der Waals surface area contributed by atoms with Crippen LogP contribution in [0.25, 0.3) is 0 Å². The molecule has 106 valence electrons. The summed E-state index contributed by atoms with van der Waals surface area (Å²) in [4.78, 5) is 0. The van der Waals surface area contributed by atoms with Crippen molar-refractivity contribution < 1.29 is 14.2 Å². The Labute approximate surface area is 126 Å². The van der Waals surface area contributed by atoms with Crippen molar-refractivity contribution in [1.82, 2.24) is 0 Å². The quantitative estimate of drug-likeness (QED) is 0.647. The second-order valence-electron chi connectivity index (χ2n) is 4.04. The molecule has 0 unspecified atom stereocenters. The van der Waals surface area contributed by atoms with E-state index in [1.165, 1.54) is 0 Å². The molecule has 2 N–H and O–H groups in total. The number of hydrogen-bond acceptors (Lipinski definition) is 4. The smallest absolute Gasteiger partial charge is 0.175 e. The molecular formula is C15H16BrNO3. The van der Waals surface area contributed by atoms with E-state index in [-0.39, 0.29) is 0 Å². The largest absolute Gasteiger partial charge is 0.493 e. The number of nitrogens with two attached hydrogens (primary N) is 1. The zero-order chi connectivity index (χ0) is 14.4. The number of hydrogen-bond donors (Lipinski definition) is 1. The highest BCUT2D eigenvalue weighted by molar-refractivity contribution is 9.10. The van der Waals surface area contributed by atoms with Crippen molar-refractivity contribution in [1.29, 1.82) is 0 Å². The normalized spacial score (nSPS) is 10.1. The Morgan fingerprint density at radius 1 is 1.05 bits per heavy atom. The summed E-state index contributed by atoms with van der Waals surface area (Å²) in [5.74, 6) is 2.09. The molecule has 2 aromatic carbocycles. The van der Waals surface area contributed by atoms with Crippen LogP contribution in [0.3, 0.4) is 0 Å². The van der Waals surface area contributed by atoms with Crippen LogP contribution in [0.15, 0.2) is 46.9 Å². The second kappa shape index (κ2) is 7.05. The number of halogens is 1. The molecule has 5 heteroatoms. The summed E-state index contributed by atoms with van der Waals surface area (Å²) < 4.78 is 17.3. The first-order valence-electron chi connectivity index (χ1n) is 6.14. The van der Waals surface area contributed by atoms with Gasteiger partial charge in [0.25, 0.3) is 0 Å². The zero-order valence-corrected chi connectivity index (χ0v) is 12.7. The third-order valence-corrected chi connectivity index (χ3v) is 3.23. The van der Waals surface area contributed by atoms with Crippen LogP contribution in [0.2, 0.25) is 0 Å². The zero-order valence-electron chi connectivity index (χ0n) is 11.1. The maximum absolute atomic E-state index is 5.68. The Hall–Kier alpha value is -1.88. The van der Waals surface area contributed by atoms with Crippen LogP contribution in [0, 0.1) is 0 Å². The Kier molecular flexibility index (Phi) is 5.12. The van der Waals surface area contributed by atoms with Gasteiger partial charge in [-0.3, -0.25) is 0 Å². The molecule has 2 aromatic rings. The standard InChI is InChI=1S/C15H16BrNO3/c1-18-14-7-3-6-13(16)15(14)20-9-8-19-12-5-2-4-11(17)10-12/h2-7,10H,8-9,17H2,1H3. The lowest BCUT2D eigenvalue weighted by molar-refractivity contribution is 0.210. The Balaban J connectivity index is 1.87. The minimum Gasteiger partial charge on any atom is -0.493 e. The predicted molar refractivity (Wildman–Crippen MR) is 82.5 cm³/mol. The van der Waals surface area contributed by atoms with Crippen LogP contribution in [-0.4, -0.2) is 20.3 Å². The van der Waals surface area contributed by atoms with E-state index in [1.54, 1.807) is 13.2 Å². The number of benzene rings is 2. The third-order valence-electron chi connectivity index (χ3n) is 2.61. The number of rotatable bonds is 6. The molecule has 2 rings (SSSR count). The van der Waals surface area contributed by atoms with Gasteiger partial charge in [-0.2, -0.15) is 0 Å². The highest BCUT2D eigenvalue weighted by Gasteiger charge is 2.08. The molecule has 0 radical (unpaired) electrons. The van der Waals surface area contributed by atoms with Crippen molar-refractivity contribution in [3.63, 3.8) is 0 Å². The lowest BCUT2D eigenvalue weighted by atomic mass is 10.3. The van der Waals surface area contributed by atoms with E-state index in [4.69, 9.17) is 19.9 Å². The van der Waals surface area contributed by atoms with Gasteiger partial charge in [0, 0.05) is 11.8 Å². The minimum absolute atomic E-state index is 0.410. The van der Waals surface area contributed by atoms with Gasteiger partial charge in [-0.05, 0) is 40.2 Å². The highest BCUT2D eigenvalue weighted by Crippen LogP contribution is 2.34. The molecule has 0 bridgehead atoms. The summed E-state index contributed by atoms with van der Waals surface area (Å²) in [5, 5.41) is 0. The number of methoxy groups -OCH3 is 1. The van der Waals surface area contributed by atoms with E-state index in [0.29, 0.717) is 30.4 Å². The van der Waals surface area contributed by atoms with Crippen LogP contribution >= 0.6 is 15.9 Å². The summed E-state index contributed by atoms with van der Waals surface area (Å²) >= 11 is 3.43. The summed E-state index contributed by atoms with van der Waals surface area (Å²) in [7, 11) is 1.61. The van der Waals surface area contributed by atoms with Crippen LogP contribution in [-0.2, 0) is 0 Å². The molecule has 0 aliphatic rings. The van der Waals surface area contributed by atoms with Gasteiger partial charge in [0.15, 0.2) is 11.5 Å². The minimum atomic E-state index is 0.410. The fourth-order valence-corrected chi connectivity index (χ4v) is 2.16. The number of nitrogen functional groups attached to an aromatic ring is 1. The second-order valence-corrected chi connectivity index (χ2v) is 4.89. The topological polar surface area (TPSA) is 53.7 Å². The van der Waals surface area contributed by atoms with Gasteiger partial charge in [-0.25, -0.2) is 0 Å². The molecule has 0 heterocycles. The average Bonchev–Trinajstić information content (AvgIpc) is 2.45. The number of para-hydroxylation sites is 1. The van der Waals surface area contributed by atoms with E-state index in [9.17, 15) is 0 Å². The third kappa shape index (κ3) is 3.81. The van der Waals surface area contributed by atoms with Gasteiger partial charge in [0.05, 0.1) is 11.6 Å². The van der Waals surface area contributed by atoms with Gasteiger partial charge >= 0.3 is 0 Å². The van der Waals surface area contributed by atoms with Crippen LogP contribution in [0.4, 0.5) is 5.69 Å². The molecule has 0 atom stereocenters. The summed E-state index contributed by atoms with van der Waals surface area (Å²) in [6, 6.07) is 12.9. The van der Waals surface area contributed by atoms with Crippen LogP contribution in [0.5, 0.6) is 17.2 Å². The molecule has 0 aliphatic carbocycles. The Morgan fingerprint density at radius 2 is 1.80 bits per heavy atom. The fraction of sp³-hybridized carbons (Fsp3) is 0.200. The molecular weight excluding hydrogens is 322 g/mol. The first-order chi connectivity index (χ1) is 9.70. The predicted octanol–water partition coefficient (Wildman–Crippen LogP) is 3.50. The van der Waals surface area contributed by atoms with Gasteiger partial charge in [-0.15, -0.1) is 0 Å². The Morgan fingerprint density at radius 3 is 2.55 bits per heavy atom. The van der Waals surface area contributed by atoms with Gasteiger partial charge in [0.1, 0.15) is 19.0 Å². The molecule has 4 nitrogen and oxygen atoms in total. The van der Waals surface area contributed by atoms with Gasteiger partial charge in [0.2, 0.25) is 0 Å². The molecule has 0 aromatic heterocycles.